The Labute approximate surface area is 278 Å². The van der Waals surface area contributed by atoms with Crippen molar-refractivity contribution in [3.05, 3.63) is 68.1 Å². The molecule has 3 aliphatic carbocycles. The van der Waals surface area contributed by atoms with Crippen LogP contribution in [0.2, 0.25) is 10.0 Å². The van der Waals surface area contributed by atoms with Crippen molar-refractivity contribution in [1.29, 1.82) is 0 Å². The Kier molecular flexibility index (Phi) is 8.56. The zero-order valence-electron chi connectivity index (χ0n) is 25.0. The molecule has 4 atom stereocenters. The number of halogens is 3. The lowest BCUT2D eigenvalue weighted by Gasteiger charge is -2.41. The molecule has 3 saturated carbocycles. The van der Waals surface area contributed by atoms with Gasteiger partial charge in [0.2, 0.25) is 0 Å². The molecule has 0 saturated heterocycles. The number of rotatable bonds is 10. The van der Waals surface area contributed by atoms with Crippen LogP contribution in [-0.2, 0) is 26.5 Å². The number of carbonyl (C=O) groups is 2. The third-order valence-corrected chi connectivity index (χ3v) is 11.2. The second-order valence-corrected chi connectivity index (χ2v) is 14.1. The summed E-state index contributed by atoms with van der Waals surface area (Å²) in [6.07, 6.45) is 4.75. The quantitative estimate of drug-likeness (QED) is 0.168. The molecule has 7 rings (SSSR count). The second-order valence-electron chi connectivity index (χ2n) is 12.3. The topological polar surface area (TPSA) is 124 Å². The number of aromatic nitrogens is 2. The van der Waals surface area contributed by atoms with Gasteiger partial charge in [-0.3, -0.25) is 9.59 Å². The molecule has 3 aliphatic rings. The summed E-state index contributed by atoms with van der Waals surface area (Å²) in [7, 11) is 0. The highest BCUT2D eigenvalue weighted by molar-refractivity contribution is 7.18. The minimum Gasteiger partial charge on any atom is -0.465 e. The Morgan fingerprint density at radius 3 is 2.54 bits per heavy atom. The summed E-state index contributed by atoms with van der Waals surface area (Å²) in [4.78, 5) is 28.8. The van der Waals surface area contributed by atoms with Crippen molar-refractivity contribution in [2.75, 3.05) is 13.2 Å². The highest BCUT2D eigenvalue weighted by Crippen LogP contribution is 2.57. The van der Waals surface area contributed by atoms with Gasteiger partial charge in [-0.25, -0.2) is 9.37 Å². The predicted molar refractivity (Wildman–Crippen MR) is 170 cm³/mol. The van der Waals surface area contributed by atoms with E-state index >= 15 is 4.39 Å². The molecule has 2 bridgehead atoms. The number of hydrogen-bond acceptors (Lipinski definition) is 9. The summed E-state index contributed by atoms with van der Waals surface area (Å²) in [5.74, 6) is -0.985. The Bertz CT molecular complexity index is 1790. The fourth-order valence-corrected chi connectivity index (χ4v) is 8.84. The molecule has 242 valence electrons. The molecule has 13 heteroatoms. The summed E-state index contributed by atoms with van der Waals surface area (Å²) < 4.78 is 32.8. The van der Waals surface area contributed by atoms with Crippen LogP contribution in [0.15, 0.2) is 34.9 Å². The second kappa shape index (κ2) is 12.5. The molecule has 1 amide bonds. The van der Waals surface area contributed by atoms with Crippen LogP contribution in [0.1, 0.15) is 78.1 Å². The Morgan fingerprint density at radius 1 is 1.15 bits per heavy atom. The van der Waals surface area contributed by atoms with Gasteiger partial charge >= 0.3 is 5.97 Å². The van der Waals surface area contributed by atoms with E-state index in [-0.39, 0.29) is 48.8 Å². The number of thiazole rings is 1. The number of esters is 1. The van der Waals surface area contributed by atoms with Gasteiger partial charge in [-0.1, -0.05) is 34.4 Å². The molecule has 4 aromatic rings. The highest BCUT2D eigenvalue weighted by Gasteiger charge is 2.56. The van der Waals surface area contributed by atoms with Gasteiger partial charge in [-0.05, 0) is 81.5 Å². The summed E-state index contributed by atoms with van der Waals surface area (Å²) in [6, 6.07) is 7.97. The maximum absolute atomic E-state index is 15.2. The summed E-state index contributed by atoms with van der Waals surface area (Å²) in [5, 5.41) is 20.4. The van der Waals surface area contributed by atoms with Crippen LogP contribution in [-0.4, -0.2) is 46.4 Å². The molecule has 0 spiro atoms. The van der Waals surface area contributed by atoms with Gasteiger partial charge < -0.3 is 24.4 Å². The SMILES string of the molecule is CCOC(=O)CNC(=O)c1cc(F)c2nc([C@]3(O)[C@@H]4CC[C@H]3C[C@H](OCc3c(-c5c(Cl)cccc5Cl)noc3C3CC3)C4)sc2c1. The van der Waals surface area contributed by atoms with Crippen molar-refractivity contribution in [1.82, 2.24) is 15.5 Å². The molecule has 2 aromatic heterocycles. The number of benzene rings is 2. The van der Waals surface area contributed by atoms with E-state index in [0.29, 0.717) is 49.8 Å². The maximum atomic E-state index is 15.2. The van der Waals surface area contributed by atoms with Gasteiger partial charge in [0.25, 0.3) is 5.91 Å². The van der Waals surface area contributed by atoms with Crippen molar-refractivity contribution in [2.24, 2.45) is 11.8 Å². The van der Waals surface area contributed by atoms with E-state index in [1.807, 2.05) is 0 Å². The molecule has 2 N–H and O–H groups in total. The lowest BCUT2D eigenvalue weighted by Crippen LogP contribution is -2.44. The number of carbonyl (C=O) groups excluding carboxylic acids is 2. The predicted octanol–water partition coefficient (Wildman–Crippen LogP) is 7.16. The molecule has 2 heterocycles. The molecule has 9 nitrogen and oxygen atoms in total. The number of nitrogens with zero attached hydrogens (tertiary/aromatic N) is 2. The van der Waals surface area contributed by atoms with Crippen LogP contribution in [0.25, 0.3) is 21.5 Å². The van der Waals surface area contributed by atoms with Crippen LogP contribution < -0.4 is 5.32 Å². The zero-order chi connectivity index (χ0) is 32.2. The van der Waals surface area contributed by atoms with E-state index in [0.717, 1.165) is 43.1 Å². The monoisotopic (exact) mass is 687 g/mol. The zero-order valence-corrected chi connectivity index (χ0v) is 27.3. The van der Waals surface area contributed by atoms with Crippen LogP contribution in [0, 0.1) is 17.7 Å². The number of aliphatic hydroxyl groups is 1. The molecule has 0 radical (unpaired) electrons. The summed E-state index contributed by atoms with van der Waals surface area (Å²) >= 11 is 14.2. The minimum absolute atomic E-state index is 0.0633. The molecule has 46 heavy (non-hydrogen) atoms. The van der Waals surface area contributed by atoms with E-state index in [9.17, 15) is 14.7 Å². The Balaban J connectivity index is 1.08. The summed E-state index contributed by atoms with van der Waals surface area (Å²) in [5.41, 5.74) is 1.02. The molecule has 0 aliphatic heterocycles. The van der Waals surface area contributed by atoms with Crippen LogP contribution in [0.3, 0.4) is 0 Å². The largest absolute Gasteiger partial charge is 0.465 e. The van der Waals surface area contributed by atoms with E-state index in [2.05, 4.69) is 15.5 Å². The molecule has 2 aromatic carbocycles. The third-order valence-electron chi connectivity index (χ3n) is 9.38. The van der Waals surface area contributed by atoms with Crippen molar-refractivity contribution in [2.45, 2.75) is 69.7 Å². The lowest BCUT2D eigenvalue weighted by molar-refractivity contribution is -0.141. The number of ether oxygens (including phenoxy) is 2. The first-order valence-electron chi connectivity index (χ1n) is 15.5. The fourth-order valence-electron chi connectivity index (χ4n) is 6.99. The molecular weight excluding hydrogens is 656 g/mol. The van der Waals surface area contributed by atoms with Gasteiger partial charge in [0.05, 0.1) is 34.1 Å². The lowest BCUT2D eigenvalue weighted by atomic mass is 9.73. The van der Waals surface area contributed by atoms with Gasteiger partial charge in [0.1, 0.15) is 34.1 Å². The van der Waals surface area contributed by atoms with Gasteiger partial charge in [-0.2, -0.15) is 0 Å². The Hall–Kier alpha value is -3.09. The van der Waals surface area contributed by atoms with E-state index in [1.165, 1.54) is 11.3 Å². The highest BCUT2D eigenvalue weighted by atomic mass is 35.5. The average Bonchev–Trinajstić information content (AvgIpc) is 3.60. The van der Waals surface area contributed by atoms with Crippen LogP contribution in [0.5, 0.6) is 0 Å². The van der Waals surface area contributed by atoms with Crippen LogP contribution >= 0.6 is 34.5 Å². The third kappa shape index (κ3) is 5.70. The van der Waals surface area contributed by atoms with Gasteiger partial charge in [0.15, 0.2) is 5.82 Å². The smallest absolute Gasteiger partial charge is 0.325 e. The number of fused-ring (bicyclic) bond motifs is 3. The average molecular weight is 689 g/mol. The molecule has 0 unspecified atom stereocenters. The van der Waals surface area contributed by atoms with Crippen molar-refractivity contribution in [3.8, 4) is 11.3 Å². The molecular formula is C33H32Cl2FN3O6S. The van der Waals surface area contributed by atoms with E-state index in [4.69, 9.17) is 37.2 Å². The number of nitrogens with one attached hydrogen (secondary N) is 1. The minimum atomic E-state index is -1.23. The van der Waals surface area contributed by atoms with Gasteiger partial charge in [-0.15, -0.1) is 11.3 Å². The first-order valence-corrected chi connectivity index (χ1v) is 17.1. The van der Waals surface area contributed by atoms with Crippen molar-refractivity contribution >= 4 is 56.6 Å². The Morgan fingerprint density at radius 2 is 1.87 bits per heavy atom. The standard InChI is InChI=1S/C33H32Cl2FN3O6S/c1-2-43-26(40)14-37-31(41)17-10-24(36)29-25(11-17)46-32(38-29)33(42)18-8-9-19(33)13-20(12-18)44-15-21-28(39-45-30(21)16-6-7-16)27-22(34)4-3-5-23(27)35/h3-5,10-11,16,18-20,42H,2,6-9,12-15H2,1H3,(H,37,41)/t18-,19+,20-,33+. The number of amides is 1. The van der Waals surface area contributed by atoms with Crippen molar-refractivity contribution < 1.29 is 33.1 Å². The molecule has 3 fully saturated rings. The van der Waals surface area contributed by atoms with Crippen LogP contribution in [0.4, 0.5) is 4.39 Å². The van der Waals surface area contributed by atoms with Crippen molar-refractivity contribution in [3.63, 3.8) is 0 Å². The summed E-state index contributed by atoms with van der Waals surface area (Å²) in [6.45, 7) is 1.82. The fraction of sp³-hybridized carbons (Fsp3) is 0.455. The first-order chi connectivity index (χ1) is 22.2. The normalized spacial score (nSPS) is 24.0. The van der Waals surface area contributed by atoms with Gasteiger partial charge in [0, 0.05) is 22.6 Å². The first kappa shape index (κ1) is 31.5. The number of hydrogen-bond donors (Lipinski definition) is 2. The van der Waals surface area contributed by atoms with E-state index in [1.54, 1.807) is 31.2 Å². The maximum Gasteiger partial charge on any atom is 0.325 e. The van der Waals surface area contributed by atoms with E-state index < -0.39 is 23.3 Å².